The second kappa shape index (κ2) is 3.98. The Balaban J connectivity index is 1.86. The summed E-state index contributed by atoms with van der Waals surface area (Å²) in [6.45, 7) is 0.180. The van der Waals surface area contributed by atoms with Crippen LogP contribution in [0, 0.1) is 5.92 Å². The number of esters is 1. The molecule has 3 rings (SSSR count). The first-order valence-electron chi connectivity index (χ1n) is 6.37. The van der Waals surface area contributed by atoms with Crippen molar-refractivity contribution in [3.63, 3.8) is 0 Å². The van der Waals surface area contributed by atoms with Crippen molar-refractivity contribution >= 4 is 11.9 Å². The molecule has 0 unspecified atom stereocenters. The topological polar surface area (TPSA) is 66.8 Å². The van der Waals surface area contributed by atoms with Crippen LogP contribution in [0.1, 0.15) is 32.1 Å². The van der Waals surface area contributed by atoms with Gasteiger partial charge in [0.05, 0.1) is 12.5 Å². The highest BCUT2D eigenvalue weighted by Crippen LogP contribution is 2.37. The Hall–Kier alpha value is -1.10. The first-order valence-corrected chi connectivity index (χ1v) is 6.37. The van der Waals surface area contributed by atoms with E-state index >= 15 is 0 Å². The molecule has 3 fully saturated rings. The van der Waals surface area contributed by atoms with Crippen molar-refractivity contribution in [3.05, 3.63) is 0 Å². The lowest BCUT2D eigenvalue weighted by atomic mass is 9.93. The lowest BCUT2D eigenvalue weighted by Crippen LogP contribution is -2.46. The first kappa shape index (κ1) is 11.0. The van der Waals surface area contributed by atoms with Crippen molar-refractivity contribution < 1.29 is 19.4 Å². The summed E-state index contributed by atoms with van der Waals surface area (Å²) in [4.78, 5) is 25.3. The average Bonchev–Trinajstić information content (AvgIpc) is 2.83. The molecule has 0 bridgehead atoms. The molecule has 1 aliphatic carbocycles. The van der Waals surface area contributed by atoms with Crippen LogP contribution in [0.4, 0.5) is 0 Å². The zero-order chi connectivity index (χ0) is 12.0. The number of carbonyl (C=O) groups is 2. The van der Waals surface area contributed by atoms with Crippen molar-refractivity contribution in [1.82, 2.24) is 4.90 Å². The largest absolute Gasteiger partial charge is 0.464 e. The zero-order valence-corrected chi connectivity index (χ0v) is 9.67. The minimum absolute atomic E-state index is 0.117. The van der Waals surface area contributed by atoms with Gasteiger partial charge in [-0.2, -0.15) is 0 Å². The number of aliphatic hydroxyl groups is 1. The van der Waals surface area contributed by atoms with E-state index in [1.54, 1.807) is 4.90 Å². The molecule has 0 aromatic heterocycles. The molecule has 3 atom stereocenters. The van der Waals surface area contributed by atoms with E-state index in [9.17, 15) is 14.7 Å². The Morgan fingerprint density at radius 2 is 1.88 bits per heavy atom. The van der Waals surface area contributed by atoms with Gasteiger partial charge in [-0.25, -0.2) is 4.79 Å². The highest BCUT2D eigenvalue weighted by atomic mass is 16.5. The molecule has 2 saturated heterocycles. The standard InChI is InChI=1S/C12H17NO4/c14-10-8-6-17-12(16)9(8)13(11(10)15)7-4-2-1-3-5-7/h7-10,14H,1-6H2/t8-,9+,10-/m0/s1. The lowest BCUT2D eigenvalue weighted by Gasteiger charge is -2.33. The van der Waals surface area contributed by atoms with Gasteiger partial charge in [-0.05, 0) is 12.8 Å². The molecule has 5 nitrogen and oxygen atoms in total. The molecule has 94 valence electrons. The average molecular weight is 239 g/mol. The van der Waals surface area contributed by atoms with E-state index in [1.165, 1.54) is 6.42 Å². The van der Waals surface area contributed by atoms with Crippen LogP contribution >= 0.6 is 0 Å². The summed E-state index contributed by atoms with van der Waals surface area (Å²) < 4.78 is 4.97. The van der Waals surface area contributed by atoms with E-state index in [0.29, 0.717) is 0 Å². The van der Waals surface area contributed by atoms with Gasteiger partial charge in [-0.3, -0.25) is 4.79 Å². The summed E-state index contributed by atoms with van der Waals surface area (Å²) in [5.41, 5.74) is 0. The molecule has 2 heterocycles. The number of hydrogen-bond donors (Lipinski definition) is 1. The third-order valence-electron chi connectivity index (χ3n) is 4.25. The van der Waals surface area contributed by atoms with Gasteiger partial charge < -0.3 is 14.7 Å². The van der Waals surface area contributed by atoms with Crippen LogP contribution in [0.25, 0.3) is 0 Å². The maximum Gasteiger partial charge on any atom is 0.329 e. The van der Waals surface area contributed by atoms with Crippen molar-refractivity contribution in [3.8, 4) is 0 Å². The van der Waals surface area contributed by atoms with E-state index in [4.69, 9.17) is 4.74 Å². The van der Waals surface area contributed by atoms with E-state index in [1.807, 2.05) is 0 Å². The molecule has 17 heavy (non-hydrogen) atoms. The predicted molar refractivity (Wildman–Crippen MR) is 58.0 cm³/mol. The van der Waals surface area contributed by atoms with Crippen molar-refractivity contribution in [2.45, 2.75) is 50.3 Å². The number of hydrogen-bond acceptors (Lipinski definition) is 4. The van der Waals surface area contributed by atoms with Crippen molar-refractivity contribution in [2.75, 3.05) is 6.61 Å². The van der Waals surface area contributed by atoms with Crippen LogP contribution < -0.4 is 0 Å². The van der Waals surface area contributed by atoms with Gasteiger partial charge in [0, 0.05) is 6.04 Å². The van der Waals surface area contributed by atoms with Gasteiger partial charge in [-0.1, -0.05) is 19.3 Å². The zero-order valence-electron chi connectivity index (χ0n) is 9.67. The van der Waals surface area contributed by atoms with Crippen LogP contribution in [0.3, 0.4) is 0 Å². The lowest BCUT2D eigenvalue weighted by molar-refractivity contribution is -0.150. The quantitative estimate of drug-likeness (QED) is 0.657. The summed E-state index contributed by atoms with van der Waals surface area (Å²) in [6.07, 6.45) is 4.21. The number of nitrogens with zero attached hydrogens (tertiary/aromatic N) is 1. The van der Waals surface area contributed by atoms with Crippen molar-refractivity contribution in [1.29, 1.82) is 0 Å². The molecular formula is C12H17NO4. The Morgan fingerprint density at radius 1 is 1.18 bits per heavy atom. The highest BCUT2D eigenvalue weighted by Gasteiger charge is 2.57. The van der Waals surface area contributed by atoms with Crippen LogP contribution in [0.2, 0.25) is 0 Å². The molecule has 2 aliphatic heterocycles. The SMILES string of the molecule is O=C1OC[C@@H]2[C@H](O)C(=O)N(C3CCCCC3)[C@@H]12. The fourth-order valence-electron chi connectivity index (χ4n) is 3.35. The normalized spacial score (nSPS) is 38.4. The van der Waals surface area contributed by atoms with Crippen LogP contribution in [-0.2, 0) is 14.3 Å². The monoisotopic (exact) mass is 239 g/mol. The van der Waals surface area contributed by atoms with Crippen LogP contribution in [-0.4, -0.2) is 46.7 Å². The van der Waals surface area contributed by atoms with E-state index in [-0.39, 0.29) is 30.4 Å². The number of cyclic esters (lactones) is 1. The highest BCUT2D eigenvalue weighted by molar-refractivity contribution is 5.93. The molecule has 0 spiro atoms. The number of rotatable bonds is 1. The molecule has 1 N–H and O–H groups in total. The number of likely N-dealkylation sites (tertiary alicyclic amines) is 1. The van der Waals surface area contributed by atoms with E-state index in [0.717, 1.165) is 25.7 Å². The maximum atomic E-state index is 12.0. The summed E-state index contributed by atoms with van der Waals surface area (Å²) in [5, 5.41) is 9.86. The molecule has 0 radical (unpaired) electrons. The Labute approximate surface area is 99.7 Å². The van der Waals surface area contributed by atoms with Gasteiger partial charge in [-0.15, -0.1) is 0 Å². The Bertz CT molecular complexity index is 350. The molecule has 0 aromatic carbocycles. The van der Waals surface area contributed by atoms with E-state index in [2.05, 4.69) is 0 Å². The van der Waals surface area contributed by atoms with Gasteiger partial charge in [0.2, 0.25) is 0 Å². The number of carbonyl (C=O) groups excluding carboxylic acids is 2. The number of ether oxygens (including phenoxy) is 1. The number of aliphatic hydroxyl groups excluding tert-OH is 1. The fourth-order valence-corrected chi connectivity index (χ4v) is 3.35. The number of amides is 1. The maximum absolute atomic E-state index is 12.0. The summed E-state index contributed by atoms with van der Waals surface area (Å²) in [6, 6.07) is -0.410. The molecule has 3 aliphatic rings. The van der Waals surface area contributed by atoms with Crippen LogP contribution in [0.5, 0.6) is 0 Å². The minimum atomic E-state index is -1.05. The van der Waals surface area contributed by atoms with Gasteiger partial charge in [0.1, 0.15) is 12.1 Å². The smallest absolute Gasteiger partial charge is 0.329 e. The third-order valence-corrected chi connectivity index (χ3v) is 4.25. The fraction of sp³-hybridized carbons (Fsp3) is 0.833. The summed E-state index contributed by atoms with van der Waals surface area (Å²) in [7, 11) is 0. The van der Waals surface area contributed by atoms with Crippen molar-refractivity contribution in [2.24, 2.45) is 5.92 Å². The first-order chi connectivity index (χ1) is 8.20. The minimum Gasteiger partial charge on any atom is -0.464 e. The Morgan fingerprint density at radius 3 is 2.59 bits per heavy atom. The second-order valence-corrected chi connectivity index (χ2v) is 5.22. The molecule has 0 aromatic rings. The molecule has 1 saturated carbocycles. The molecular weight excluding hydrogens is 222 g/mol. The predicted octanol–water partition coefficient (Wildman–Crippen LogP) is 0.0638. The van der Waals surface area contributed by atoms with Gasteiger partial charge in [0.25, 0.3) is 5.91 Å². The Kier molecular flexibility index (Phi) is 2.58. The molecule has 1 amide bonds. The number of fused-ring (bicyclic) bond motifs is 1. The van der Waals surface area contributed by atoms with Gasteiger partial charge in [0.15, 0.2) is 0 Å². The molecule has 5 heteroatoms. The van der Waals surface area contributed by atoms with E-state index < -0.39 is 12.1 Å². The van der Waals surface area contributed by atoms with Crippen LogP contribution in [0.15, 0.2) is 0 Å². The summed E-state index contributed by atoms with van der Waals surface area (Å²) >= 11 is 0. The summed E-state index contributed by atoms with van der Waals surface area (Å²) in [5.74, 6) is -0.967. The second-order valence-electron chi connectivity index (χ2n) is 5.22. The van der Waals surface area contributed by atoms with Gasteiger partial charge >= 0.3 is 5.97 Å². The third kappa shape index (κ3) is 1.56.